The largest absolute Gasteiger partial charge is 0.401 e. The van der Waals surface area contributed by atoms with Crippen LogP contribution in [0.3, 0.4) is 0 Å². The third-order valence-electron chi connectivity index (χ3n) is 8.43. The molecule has 1 aromatic carbocycles. The van der Waals surface area contributed by atoms with Crippen molar-refractivity contribution in [3.05, 3.63) is 64.6 Å². The van der Waals surface area contributed by atoms with Gasteiger partial charge < -0.3 is 11.1 Å². The number of rotatable bonds is 9. The zero-order chi connectivity index (χ0) is 28.7. The lowest BCUT2D eigenvalue weighted by Gasteiger charge is -2.33. The molecule has 0 spiro atoms. The van der Waals surface area contributed by atoms with Crippen LogP contribution < -0.4 is 16.4 Å². The van der Waals surface area contributed by atoms with E-state index in [9.17, 15) is 19.2 Å². The van der Waals surface area contributed by atoms with Gasteiger partial charge in [-0.15, -0.1) is 0 Å². The SMILES string of the molecule is CCc1cccc(C(C=NC2CC(CNc3ccc4c(c3)C(=O)N(C3CCC(=O)NC3=O)C4=O)C2)=C(N)C2CC2)n1. The number of piperidine rings is 1. The molecule has 2 aromatic rings. The van der Waals surface area contributed by atoms with Gasteiger partial charge in [-0.2, -0.15) is 0 Å². The highest BCUT2D eigenvalue weighted by Gasteiger charge is 2.44. The summed E-state index contributed by atoms with van der Waals surface area (Å²) in [5.74, 6) is -1.16. The quantitative estimate of drug-likeness (QED) is 0.319. The first kappa shape index (κ1) is 26.9. The summed E-state index contributed by atoms with van der Waals surface area (Å²) in [6.07, 6.45) is 7.13. The number of aryl methyl sites for hydroxylation is 1. The molecule has 3 fully saturated rings. The Morgan fingerprint density at radius 1 is 1.10 bits per heavy atom. The summed E-state index contributed by atoms with van der Waals surface area (Å²) >= 11 is 0. The van der Waals surface area contributed by atoms with E-state index in [4.69, 9.17) is 15.7 Å². The second kappa shape index (κ2) is 10.9. The molecule has 4 aliphatic rings. The molecule has 212 valence electrons. The van der Waals surface area contributed by atoms with Crippen LogP contribution >= 0.6 is 0 Å². The standard InChI is InChI=1S/C31H34N6O4/c1-2-19-4-3-5-25(35-19)24(28(32)18-6-7-18)16-34-21-12-17(13-21)15-33-20-8-9-22-23(14-20)31(41)37(30(22)40)26-10-11-27(38)36-29(26)39/h3-5,8-9,14,16-18,21,26,33H,2,6-7,10-13,15,32H2,1H3,(H,36,38,39). The maximum Gasteiger partial charge on any atom is 0.262 e. The van der Waals surface area contributed by atoms with E-state index < -0.39 is 29.7 Å². The van der Waals surface area contributed by atoms with E-state index >= 15 is 0 Å². The zero-order valence-corrected chi connectivity index (χ0v) is 23.1. The Balaban J connectivity index is 1.05. The van der Waals surface area contributed by atoms with Gasteiger partial charge in [0.15, 0.2) is 0 Å². The van der Waals surface area contributed by atoms with E-state index in [2.05, 4.69) is 17.6 Å². The molecule has 4 amide bonds. The van der Waals surface area contributed by atoms with Crippen molar-refractivity contribution < 1.29 is 19.2 Å². The van der Waals surface area contributed by atoms with Crippen LogP contribution in [0.2, 0.25) is 0 Å². The van der Waals surface area contributed by atoms with Crippen LogP contribution in [0.1, 0.15) is 77.6 Å². The second-order valence-electron chi connectivity index (χ2n) is 11.4. The number of aromatic nitrogens is 1. The highest BCUT2D eigenvalue weighted by atomic mass is 16.2. The van der Waals surface area contributed by atoms with E-state index in [1.54, 1.807) is 18.2 Å². The summed E-state index contributed by atoms with van der Waals surface area (Å²) in [5.41, 5.74) is 11.5. The molecular formula is C31H34N6O4. The summed E-state index contributed by atoms with van der Waals surface area (Å²) in [4.78, 5) is 60.4. The van der Waals surface area contributed by atoms with E-state index in [1.165, 1.54) is 0 Å². The molecular weight excluding hydrogens is 520 g/mol. The van der Waals surface area contributed by atoms with Crippen LogP contribution in [0.15, 0.2) is 47.1 Å². The molecule has 6 rings (SSSR count). The fourth-order valence-corrected chi connectivity index (χ4v) is 5.74. The Bertz CT molecular complexity index is 1490. The van der Waals surface area contributed by atoms with Crippen molar-refractivity contribution in [2.24, 2.45) is 22.6 Å². The van der Waals surface area contributed by atoms with E-state index in [1.807, 2.05) is 24.4 Å². The second-order valence-corrected chi connectivity index (χ2v) is 11.4. The van der Waals surface area contributed by atoms with Crippen LogP contribution in [0.25, 0.3) is 5.57 Å². The Hall–Kier alpha value is -4.34. The topological polar surface area (TPSA) is 147 Å². The molecule has 1 atom stereocenters. The molecule has 2 saturated carbocycles. The van der Waals surface area contributed by atoms with Gasteiger partial charge in [0, 0.05) is 41.8 Å². The van der Waals surface area contributed by atoms with Crippen LogP contribution in [0.4, 0.5) is 5.69 Å². The van der Waals surface area contributed by atoms with Gasteiger partial charge in [-0.25, -0.2) is 0 Å². The van der Waals surface area contributed by atoms with Crippen LogP contribution in [0, 0.1) is 11.8 Å². The predicted octanol–water partition coefficient (Wildman–Crippen LogP) is 3.09. The van der Waals surface area contributed by atoms with E-state index in [0.29, 0.717) is 11.8 Å². The van der Waals surface area contributed by atoms with Gasteiger partial charge in [0.05, 0.1) is 22.9 Å². The molecule has 3 heterocycles. The number of imide groups is 2. The first-order chi connectivity index (χ1) is 19.8. The van der Waals surface area contributed by atoms with Gasteiger partial charge in [-0.3, -0.25) is 39.4 Å². The van der Waals surface area contributed by atoms with Crippen molar-refractivity contribution in [1.29, 1.82) is 0 Å². The first-order valence-electron chi connectivity index (χ1n) is 14.4. The van der Waals surface area contributed by atoms with Crippen LogP contribution in [0.5, 0.6) is 0 Å². The number of nitrogens with two attached hydrogens (primary N) is 1. The monoisotopic (exact) mass is 554 g/mol. The van der Waals surface area contributed by atoms with Gasteiger partial charge in [0.25, 0.3) is 11.8 Å². The fourth-order valence-electron chi connectivity index (χ4n) is 5.74. The molecule has 41 heavy (non-hydrogen) atoms. The minimum Gasteiger partial charge on any atom is -0.401 e. The molecule has 10 nitrogen and oxygen atoms in total. The maximum absolute atomic E-state index is 13.1. The van der Waals surface area contributed by atoms with E-state index in [-0.39, 0.29) is 30.0 Å². The maximum atomic E-state index is 13.1. The van der Waals surface area contributed by atoms with Crippen molar-refractivity contribution >= 4 is 41.1 Å². The highest BCUT2D eigenvalue weighted by molar-refractivity contribution is 6.23. The summed E-state index contributed by atoms with van der Waals surface area (Å²) in [6.45, 7) is 2.81. The summed E-state index contributed by atoms with van der Waals surface area (Å²) < 4.78 is 0. The van der Waals surface area contributed by atoms with Crippen molar-refractivity contribution in [3.8, 4) is 0 Å². The molecule has 2 aliphatic heterocycles. The zero-order valence-electron chi connectivity index (χ0n) is 23.1. The number of anilines is 1. The number of hydrogen-bond donors (Lipinski definition) is 3. The van der Waals surface area contributed by atoms with Gasteiger partial charge >= 0.3 is 0 Å². The number of nitrogens with zero attached hydrogens (tertiary/aromatic N) is 3. The summed E-state index contributed by atoms with van der Waals surface area (Å²) in [7, 11) is 0. The molecule has 0 radical (unpaired) electrons. The lowest BCUT2D eigenvalue weighted by atomic mass is 9.80. The molecule has 1 saturated heterocycles. The lowest BCUT2D eigenvalue weighted by molar-refractivity contribution is -0.136. The number of amides is 4. The molecule has 2 aliphatic carbocycles. The van der Waals surface area contributed by atoms with Crippen molar-refractivity contribution in [3.63, 3.8) is 0 Å². The first-order valence-corrected chi connectivity index (χ1v) is 14.4. The average Bonchev–Trinajstić information content (AvgIpc) is 3.77. The average molecular weight is 555 g/mol. The smallest absolute Gasteiger partial charge is 0.262 e. The number of fused-ring (bicyclic) bond motifs is 1. The van der Waals surface area contributed by atoms with Crippen molar-refractivity contribution in [2.45, 2.75) is 64.0 Å². The summed E-state index contributed by atoms with van der Waals surface area (Å²) in [6, 6.07) is 10.4. The fraction of sp³-hybridized carbons (Fsp3) is 0.419. The third-order valence-corrected chi connectivity index (χ3v) is 8.43. The number of nitrogens with one attached hydrogen (secondary N) is 2. The van der Waals surface area contributed by atoms with Gasteiger partial charge in [0.1, 0.15) is 6.04 Å². The number of allylic oxidation sites excluding steroid dienone is 2. The van der Waals surface area contributed by atoms with Crippen LogP contribution in [-0.2, 0) is 16.0 Å². The van der Waals surface area contributed by atoms with Gasteiger partial charge in [-0.1, -0.05) is 13.0 Å². The minimum atomic E-state index is -0.967. The third kappa shape index (κ3) is 5.38. The number of hydrogen-bond acceptors (Lipinski definition) is 8. The number of pyridine rings is 1. The summed E-state index contributed by atoms with van der Waals surface area (Å²) in [5, 5.41) is 5.61. The normalized spacial score (nSPS) is 24.7. The number of benzene rings is 1. The lowest BCUT2D eigenvalue weighted by Crippen LogP contribution is -2.54. The Labute approximate surface area is 238 Å². The Kier molecular flexibility index (Phi) is 7.15. The van der Waals surface area contributed by atoms with Gasteiger partial charge in [-0.05, 0) is 80.7 Å². The predicted molar refractivity (Wildman–Crippen MR) is 154 cm³/mol. The van der Waals surface area contributed by atoms with Crippen LogP contribution in [-0.4, -0.2) is 58.4 Å². The number of aliphatic imine (C=N–C) groups is 1. The number of carbonyl (C=O) groups excluding carboxylic acids is 4. The molecule has 1 aromatic heterocycles. The number of carbonyl (C=O) groups is 4. The van der Waals surface area contributed by atoms with Crippen molar-refractivity contribution in [2.75, 3.05) is 11.9 Å². The molecule has 10 heteroatoms. The Morgan fingerprint density at radius 2 is 1.88 bits per heavy atom. The molecule has 1 unspecified atom stereocenters. The molecule has 0 bridgehead atoms. The van der Waals surface area contributed by atoms with Gasteiger partial charge in [0.2, 0.25) is 11.8 Å². The highest BCUT2D eigenvalue weighted by Crippen LogP contribution is 2.37. The van der Waals surface area contributed by atoms with E-state index in [0.717, 1.165) is 71.9 Å². The Morgan fingerprint density at radius 3 is 2.61 bits per heavy atom. The molecule has 4 N–H and O–H groups in total. The van der Waals surface area contributed by atoms with Crippen molar-refractivity contribution in [1.82, 2.24) is 15.2 Å². The minimum absolute atomic E-state index is 0.0947.